The second kappa shape index (κ2) is 7.61. The minimum Gasteiger partial charge on any atom is -0.466 e. The number of anilines is 1. The number of hydrogen-bond acceptors (Lipinski definition) is 3. The molecule has 0 saturated carbocycles. The van der Waals surface area contributed by atoms with Crippen LogP contribution in [0.1, 0.15) is 32.3 Å². The summed E-state index contributed by atoms with van der Waals surface area (Å²) in [7, 11) is 0. The Balaban J connectivity index is 2.75. The first-order chi connectivity index (χ1) is 9.01. The molecule has 1 aromatic rings. The number of ether oxygens (including phenoxy) is 1. The van der Waals surface area contributed by atoms with E-state index in [0.29, 0.717) is 35.2 Å². The van der Waals surface area contributed by atoms with Crippen molar-refractivity contribution < 1.29 is 9.53 Å². The Morgan fingerprint density at radius 3 is 2.63 bits per heavy atom. The number of hydrogen-bond donors (Lipinski definition) is 1. The molecule has 0 bridgehead atoms. The first kappa shape index (κ1) is 16.1. The molecular weight excluding hydrogens is 285 g/mol. The standard InChI is InChI=1S/C14H19Cl2NO2/c1-3-9(14(18)19-4-2)5-6-10-12(17)8-7-11(15)13(10)16/h7-9H,3-6,17H2,1-2H3. The third-order valence-electron chi connectivity index (χ3n) is 3.09. The summed E-state index contributed by atoms with van der Waals surface area (Å²) in [5.41, 5.74) is 7.30. The maximum atomic E-state index is 11.7. The molecule has 19 heavy (non-hydrogen) atoms. The van der Waals surface area contributed by atoms with Gasteiger partial charge >= 0.3 is 5.97 Å². The van der Waals surface area contributed by atoms with Gasteiger partial charge in [-0.2, -0.15) is 0 Å². The molecule has 0 aromatic heterocycles. The lowest BCUT2D eigenvalue weighted by atomic mass is 9.96. The fraction of sp³-hybridized carbons (Fsp3) is 0.500. The minimum absolute atomic E-state index is 0.130. The zero-order chi connectivity index (χ0) is 14.4. The van der Waals surface area contributed by atoms with Crippen LogP contribution in [-0.4, -0.2) is 12.6 Å². The fourth-order valence-corrected chi connectivity index (χ4v) is 2.37. The van der Waals surface area contributed by atoms with Crippen LogP contribution in [0.4, 0.5) is 5.69 Å². The van der Waals surface area contributed by atoms with E-state index in [-0.39, 0.29) is 11.9 Å². The average Bonchev–Trinajstić information content (AvgIpc) is 2.38. The van der Waals surface area contributed by atoms with Crippen molar-refractivity contribution >= 4 is 34.9 Å². The van der Waals surface area contributed by atoms with Gasteiger partial charge in [0.2, 0.25) is 0 Å². The second-order valence-corrected chi connectivity index (χ2v) is 5.11. The van der Waals surface area contributed by atoms with Crippen LogP contribution in [0.3, 0.4) is 0 Å². The van der Waals surface area contributed by atoms with Gasteiger partial charge in [0.1, 0.15) is 0 Å². The molecule has 0 saturated heterocycles. The van der Waals surface area contributed by atoms with Gasteiger partial charge in [0, 0.05) is 5.69 Å². The van der Waals surface area contributed by atoms with Gasteiger partial charge in [0.05, 0.1) is 22.6 Å². The van der Waals surface area contributed by atoms with E-state index in [1.807, 2.05) is 6.92 Å². The van der Waals surface area contributed by atoms with Crippen molar-refractivity contribution in [2.45, 2.75) is 33.1 Å². The molecule has 1 aromatic carbocycles. The molecule has 0 aliphatic heterocycles. The van der Waals surface area contributed by atoms with Crippen LogP contribution >= 0.6 is 23.2 Å². The summed E-state index contributed by atoms with van der Waals surface area (Å²) < 4.78 is 5.04. The van der Waals surface area contributed by atoms with E-state index in [2.05, 4.69) is 0 Å². The lowest BCUT2D eigenvalue weighted by molar-refractivity contribution is -0.148. The SMILES string of the molecule is CCOC(=O)C(CC)CCc1c(N)ccc(Cl)c1Cl. The fourth-order valence-electron chi connectivity index (χ4n) is 1.93. The molecule has 0 spiro atoms. The number of nitrogen functional groups attached to an aromatic ring is 1. The summed E-state index contributed by atoms with van der Waals surface area (Å²) in [5.74, 6) is -0.295. The number of carbonyl (C=O) groups is 1. The molecule has 1 unspecified atom stereocenters. The summed E-state index contributed by atoms with van der Waals surface area (Å²) in [6.07, 6.45) is 2.00. The normalized spacial score (nSPS) is 12.2. The number of carbonyl (C=O) groups excluding carboxylic acids is 1. The van der Waals surface area contributed by atoms with E-state index in [0.717, 1.165) is 12.0 Å². The molecule has 2 N–H and O–H groups in total. The van der Waals surface area contributed by atoms with Crippen molar-refractivity contribution in [1.82, 2.24) is 0 Å². The first-order valence-electron chi connectivity index (χ1n) is 6.40. The summed E-state index contributed by atoms with van der Waals surface area (Å²) in [6, 6.07) is 3.40. The smallest absolute Gasteiger partial charge is 0.308 e. The maximum absolute atomic E-state index is 11.7. The highest BCUT2D eigenvalue weighted by Gasteiger charge is 2.19. The Labute approximate surface area is 124 Å². The Morgan fingerprint density at radius 2 is 2.05 bits per heavy atom. The molecule has 0 amide bonds. The van der Waals surface area contributed by atoms with Crippen molar-refractivity contribution in [3.8, 4) is 0 Å². The van der Waals surface area contributed by atoms with Gasteiger partial charge in [-0.3, -0.25) is 4.79 Å². The number of benzene rings is 1. The number of rotatable bonds is 6. The number of halogens is 2. The second-order valence-electron chi connectivity index (χ2n) is 4.33. The van der Waals surface area contributed by atoms with Gasteiger partial charge in [-0.05, 0) is 43.9 Å². The van der Waals surface area contributed by atoms with E-state index >= 15 is 0 Å². The lowest BCUT2D eigenvalue weighted by Crippen LogP contribution is -2.18. The Hall–Kier alpha value is -0.930. The van der Waals surface area contributed by atoms with Crippen LogP contribution in [0.2, 0.25) is 10.0 Å². The van der Waals surface area contributed by atoms with E-state index in [4.69, 9.17) is 33.7 Å². The Morgan fingerprint density at radius 1 is 1.37 bits per heavy atom. The Bertz CT molecular complexity index is 449. The third-order valence-corrected chi connectivity index (χ3v) is 3.93. The zero-order valence-corrected chi connectivity index (χ0v) is 12.7. The molecule has 106 valence electrons. The van der Waals surface area contributed by atoms with Crippen molar-refractivity contribution in [2.24, 2.45) is 5.92 Å². The quantitative estimate of drug-likeness (QED) is 0.636. The van der Waals surface area contributed by atoms with Gasteiger partial charge in [-0.15, -0.1) is 0 Å². The predicted octanol–water partition coefficient (Wildman–Crippen LogP) is 4.10. The van der Waals surface area contributed by atoms with Gasteiger partial charge in [-0.25, -0.2) is 0 Å². The molecule has 1 atom stereocenters. The van der Waals surface area contributed by atoms with Crippen LogP contribution < -0.4 is 5.73 Å². The van der Waals surface area contributed by atoms with Gasteiger partial charge in [0.25, 0.3) is 0 Å². The number of esters is 1. The lowest BCUT2D eigenvalue weighted by Gasteiger charge is -2.15. The van der Waals surface area contributed by atoms with Crippen molar-refractivity contribution in [1.29, 1.82) is 0 Å². The highest BCUT2D eigenvalue weighted by atomic mass is 35.5. The Kier molecular flexibility index (Phi) is 6.46. The molecule has 0 fully saturated rings. The largest absolute Gasteiger partial charge is 0.466 e. The van der Waals surface area contributed by atoms with Crippen molar-refractivity contribution in [3.63, 3.8) is 0 Å². The third kappa shape index (κ3) is 4.29. The monoisotopic (exact) mass is 303 g/mol. The molecule has 0 heterocycles. The highest BCUT2D eigenvalue weighted by Crippen LogP contribution is 2.32. The summed E-state index contributed by atoms with van der Waals surface area (Å²) in [5, 5.41) is 0.954. The highest BCUT2D eigenvalue weighted by molar-refractivity contribution is 6.42. The van der Waals surface area contributed by atoms with E-state index in [1.54, 1.807) is 19.1 Å². The molecule has 0 aliphatic carbocycles. The first-order valence-corrected chi connectivity index (χ1v) is 7.15. The molecular formula is C14H19Cl2NO2. The zero-order valence-electron chi connectivity index (χ0n) is 11.2. The van der Waals surface area contributed by atoms with Crippen LogP contribution in [-0.2, 0) is 16.0 Å². The summed E-state index contributed by atoms with van der Waals surface area (Å²) >= 11 is 12.1. The average molecular weight is 304 g/mol. The molecule has 1 rings (SSSR count). The summed E-state index contributed by atoms with van der Waals surface area (Å²) in [4.78, 5) is 11.7. The number of nitrogens with two attached hydrogens (primary N) is 1. The van der Waals surface area contributed by atoms with Crippen LogP contribution in [0.15, 0.2) is 12.1 Å². The van der Waals surface area contributed by atoms with Crippen LogP contribution in [0, 0.1) is 5.92 Å². The topological polar surface area (TPSA) is 52.3 Å². The van der Waals surface area contributed by atoms with E-state index < -0.39 is 0 Å². The van der Waals surface area contributed by atoms with Crippen molar-refractivity contribution in [3.05, 3.63) is 27.7 Å². The molecule has 5 heteroatoms. The van der Waals surface area contributed by atoms with Gasteiger partial charge in [-0.1, -0.05) is 30.1 Å². The predicted molar refractivity (Wildman–Crippen MR) is 79.6 cm³/mol. The molecule has 0 radical (unpaired) electrons. The maximum Gasteiger partial charge on any atom is 0.308 e. The van der Waals surface area contributed by atoms with Gasteiger partial charge in [0.15, 0.2) is 0 Å². The minimum atomic E-state index is -0.165. The summed E-state index contributed by atoms with van der Waals surface area (Å²) in [6.45, 7) is 4.16. The van der Waals surface area contributed by atoms with E-state index in [9.17, 15) is 4.79 Å². The van der Waals surface area contributed by atoms with Gasteiger partial charge < -0.3 is 10.5 Å². The van der Waals surface area contributed by atoms with Crippen LogP contribution in [0.25, 0.3) is 0 Å². The molecule has 0 aliphatic rings. The van der Waals surface area contributed by atoms with Crippen LogP contribution in [0.5, 0.6) is 0 Å². The molecule has 3 nitrogen and oxygen atoms in total. The van der Waals surface area contributed by atoms with E-state index in [1.165, 1.54) is 0 Å². The van der Waals surface area contributed by atoms with Crippen molar-refractivity contribution in [2.75, 3.05) is 12.3 Å².